The summed E-state index contributed by atoms with van der Waals surface area (Å²) in [7, 11) is 0. The number of alkyl halides is 2. The zero-order valence-corrected chi connectivity index (χ0v) is 11.8. The molecule has 2 aromatic rings. The van der Waals surface area contributed by atoms with Gasteiger partial charge in [0.05, 0.1) is 11.7 Å². The van der Waals surface area contributed by atoms with Gasteiger partial charge in [-0.1, -0.05) is 0 Å². The van der Waals surface area contributed by atoms with Crippen LogP contribution in [0.15, 0.2) is 24.5 Å². The molecule has 2 aromatic heterocycles. The number of pyridine rings is 2. The van der Waals surface area contributed by atoms with E-state index in [9.17, 15) is 18.7 Å². The van der Waals surface area contributed by atoms with Crippen LogP contribution in [0.4, 0.5) is 14.6 Å². The fourth-order valence-corrected chi connectivity index (χ4v) is 2.68. The van der Waals surface area contributed by atoms with Crippen LogP contribution < -0.4 is 4.90 Å². The van der Waals surface area contributed by atoms with Crippen molar-refractivity contribution in [1.29, 1.82) is 0 Å². The van der Waals surface area contributed by atoms with Crippen molar-refractivity contribution >= 4 is 22.7 Å². The minimum Gasteiger partial charge on any atom is -0.478 e. The molecule has 0 radical (unpaired) electrons. The number of hydrogen-bond donors (Lipinski definition) is 1. The molecule has 0 saturated carbocycles. The third-order valence-electron chi connectivity index (χ3n) is 3.85. The quantitative estimate of drug-likeness (QED) is 0.924. The molecule has 0 aliphatic carbocycles. The van der Waals surface area contributed by atoms with Crippen LogP contribution in [0.25, 0.3) is 10.9 Å². The Morgan fingerprint density at radius 1 is 1.32 bits per heavy atom. The fraction of sp³-hybridized carbons (Fsp3) is 0.400. The predicted octanol–water partition coefficient (Wildman–Crippen LogP) is 2.95. The molecule has 3 rings (SSSR count). The molecule has 0 atom stereocenters. The van der Waals surface area contributed by atoms with Gasteiger partial charge in [0.2, 0.25) is 5.92 Å². The van der Waals surface area contributed by atoms with Crippen molar-refractivity contribution in [3.63, 3.8) is 0 Å². The molecule has 3 heterocycles. The summed E-state index contributed by atoms with van der Waals surface area (Å²) in [6.07, 6.45) is 2.93. The van der Waals surface area contributed by atoms with E-state index in [0.29, 0.717) is 23.9 Å². The second-order valence-electron chi connectivity index (χ2n) is 5.43. The van der Waals surface area contributed by atoms with Gasteiger partial charge < -0.3 is 10.0 Å². The van der Waals surface area contributed by atoms with Crippen molar-refractivity contribution in [1.82, 2.24) is 9.97 Å². The first kappa shape index (κ1) is 14.6. The first-order valence-electron chi connectivity index (χ1n) is 7.07. The van der Waals surface area contributed by atoms with Crippen LogP contribution in [0.3, 0.4) is 0 Å². The summed E-state index contributed by atoms with van der Waals surface area (Å²) < 4.78 is 27.0. The van der Waals surface area contributed by atoms with Crippen LogP contribution in [-0.2, 0) is 0 Å². The highest BCUT2D eigenvalue weighted by Crippen LogP contribution is 2.31. The average Bonchev–Trinajstić information content (AvgIpc) is 2.66. The van der Waals surface area contributed by atoms with E-state index in [1.165, 1.54) is 12.3 Å². The van der Waals surface area contributed by atoms with Crippen LogP contribution in [0.5, 0.6) is 0 Å². The number of aromatic nitrogens is 2. The third kappa shape index (κ3) is 2.84. The van der Waals surface area contributed by atoms with E-state index in [-0.39, 0.29) is 30.8 Å². The lowest BCUT2D eigenvalue weighted by molar-refractivity contribution is -0.0102. The van der Waals surface area contributed by atoms with E-state index in [2.05, 4.69) is 9.97 Å². The maximum Gasteiger partial charge on any atom is 0.339 e. The Hall–Kier alpha value is -2.31. The number of anilines is 1. The van der Waals surface area contributed by atoms with Crippen molar-refractivity contribution in [2.75, 3.05) is 18.0 Å². The van der Waals surface area contributed by atoms with E-state index < -0.39 is 11.9 Å². The van der Waals surface area contributed by atoms with Gasteiger partial charge in [0.25, 0.3) is 0 Å². The summed E-state index contributed by atoms with van der Waals surface area (Å²) in [5, 5.41) is 10.1. The molecule has 1 N–H and O–H groups in total. The van der Waals surface area contributed by atoms with Gasteiger partial charge in [-0.3, -0.25) is 4.98 Å². The highest BCUT2D eigenvalue weighted by Gasteiger charge is 2.33. The van der Waals surface area contributed by atoms with Gasteiger partial charge in [0, 0.05) is 37.5 Å². The first-order chi connectivity index (χ1) is 10.5. The second kappa shape index (κ2) is 5.47. The zero-order valence-electron chi connectivity index (χ0n) is 11.8. The minimum atomic E-state index is -2.70. The Bertz CT molecular complexity index is 721. The van der Waals surface area contributed by atoms with Gasteiger partial charge in [-0.15, -0.1) is 0 Å². The number of carbonyl (C=O) groups is 1. The molecule has 22 heavy (non-hydrogen) atoms. The highest BCUT2D eigenvalue weighted by atomic mass is 19.3. The van der Waals surface area contributed by atoms with Crippen LogP contribution in [0.1, 0.15) is 29.6 Å². The lowest BCUT2D eigenvalue weighted by Crippen LogP contribution is -2.28. The van der Waals surface area contributed by atoms with Gasteiger partial charge >= 0.3 is 5.97 Å². The Morgan fingerprint density at radius 2 is 2.14 bits per heavy atom. The number of carboxylic acid groups (broad SMARTS) is 1. The molecule has 5 nitrogen and oxygen atoms in total. The summed E-state index contributed by atoms with van der Waals surface area (Å²) in [4.78, 5) is 21.4. The zero-order chi connectivity index (χ0) is 15.7. The molecule has 1 aliphatic rings. The van der Waals surface area contributed by atoms with Gasteiger partial charge in [-0.05, 0) is 18.6 Å². The van der Waals surface area contributed by atoms with Crippen LogP contribution >= 0.6 is 0 Å². The molecule has 0 aromatic carbocycles. The Kier molecular flexibility index (Phi) is 3.64. The molecule has 7 heteroatoms. The molecule has 1 fully saturated rings. The van der Waals surface area contributed by atoms with Gasteiger partial charge in [-0.25, -0.2) is 18.6 Å². The molecular weight excluding hydrogens is 292 g/mol. The minimum absolute atomic E-state index is 0.0314. The van der Waals surface area contributed by atoms with E-state index >= 15 is 0 Å². The summed E-state index contributed by atoms with van der Waals surface area (Å²) >= 11 is 0. The topological polar surface area (TPSA) is 66.3 Å². The number of rotatable bonds is 2. The van der Waals surface area contributed by atoms with Crippen LogP contribution in [-0.4, -0.2) is 40.1 Å². The Labute approximate surface area is 125 Å². The predicted molar refractivity (Wildman–Crippen MR) is 77.5 cm³/mol. The molecular formula is C15H15F2N3O2. The molecule has 0 amide bonds. The average molecular weight is 307 g/mol. The third-order valence-corrected chi connectivity index (χ3v) is 3.85. The maximum absolute atomic E-state index is 13.5. The lowest BCUT2D eigenvalue weighted by Gasteiger charge is -2.23. The van der Waals surface area contributed by atoms with Crippen LogP contribution in [0.2, 0.25) is 0 Å². The standard InChI is InChI=1S/C15H15F2N3O2/c16-15(17)3-1-6-20(7-4-15)13-11(14(21)22)8-10-2-5-18-9-12(10)19-13/h2,5,8-9H,1,3-4,6-7H2,(H,21,22). The number of carboxylic acids is 1. The number of hydrogen-bond acceptors (Lipinski definition) is 4. The van der Waals surface area contributed by atoms with Crippen molar-refractivity contribution < 1.29 is 18.7 Å². The molecule has 1 aliphatic heterocycles. The summed E-state index contributed by atoms with van der Waals surface area (Å²) in [5.41, 5.74) is 0.586. The normalized spacial score (nSPS) is 18.2. The number of halogens is 2. The molecule has 1 saturated heterocycles. The van der Waals surface area contributed by atoms with E-state index in [4.69, 9.17) is 0 Å². The molecule has 0 unspecified atom stereocenters. The van der Waals surface area contributed by atoms with Crippen LogP contribution in [0, 0.1) is 0 Å². The van der Waals surface area contributed by atoms with E-state index in [0.717, 1.165) is 0 Å². The van der Waals surface area contributed by atoms with Gasteiger partial charge in [0.1, 0.15) is 11.4 Å². The highest BCUT2D eigenvalue weighted by molar-refractivity contribution is 5.98. The largest absolute Gasteiger partial charge is 0.478 e. The summed E-state index contributed by atoms with van der Waals surface area (Å²) in [6.45, 7) is 0.459. The van der Waals surface area contributed by atoms with Crippen molar-refractivity contribution in [3.8, 4) is 0 Å². The smallest absolute Gasteiger partial charge is 0.339 e. The number of fused-ring (bicyclic) bond motifs is 1. The SMILES string of the molecule is O=C(O)c1cc2ccncc2nc1N1CCCC(F)(F)CC1. The van der Waals surface area contributed by atoms with Gasteiger partial charge in [-0.2, -0.15) is 0 Å². The first-order valence-corrected chi connectivity index (χ1v) is 7.07. The monoisotopic (exact) mass is 307 g/mol. The van der Waals surface area contributed by atoms with Crippen molar-refractivity contribution in [3.05, 3.63) is 30.1 Å². The Balaban J connectivity index is 2.04. The maximum atomic E-state index is 13.5. The van der Waals surface area contributed by atoms with Crippen molar-refractivity contribution in [2.45, 2.75) is 25.2 Å². The molecule has 0 spiro atoms. The van der Waals surface area contributed by atoms with Gasteiger partial charge in [0.15, 0.2) is 0 Å². The lowest BCUT2D eigenvalue weighted by atomic mass is 10.1. The number of aromatic carboxylic acids is 1. The fourth-order valence-electron chi connectivity index (χ4n) is 2.68. The Morgan fingerprint density at radius 3 is 2.91 bits per heavy atom. The molecule has 116 valence electrons. The summed E-state index contributed by atoms with van der Waals surface area (Å²) in [5.74, 6) is -3.57. The second-order valence-corrected chi connectivity index (χ2v) is 5.43. The van der Waals surface area contributed by atoms with Crippen molar-refractivity contribution in [2.24, 2.45) is 0 Å². The number of nitrogens with zero attached hydrogens (tertiary/aromatic N) is 3. The molecule has 0 bridgehead atoms. The summed E-state index contributed by atoms with van der Waals surface area (Å²) in [6, 6.07) is 3.19. The van der Waals surface area contributed by atoms with E-state index in [1.807, 2.05) is 0 Å². The van der Waals surface area contributed by atoms with E-state index in [1.54, 1.807) is 17.2 Å².